The molecule has 0 aliphatic carbocycles. The van der Waals surface area contributed by atoms with E-state index in [1.807, 2.05) is 0 Å². The van der Waals surface area contributed by atoms with Gasteiger partial charge in [-0.15, -0.1) is 0 Å². The van der Waals surface area contributed by atoms with Crippen molar-refractivity contribution in [3.8, 4) is 0 Å². The van der Waals surface area contributed by atoms with E-state index in [1.54, 1.807) is 17.9 Å². The zero-order valence-corrected chi connectivity index (χ0v) is 22.7. The average molecular weight is 563 g/mol. The van der Waals surface area contributed by atoms with Crippen molar-refractivity contribution in [1.29, 1.82) is 0 Å². The average Bonchev–Trinajstić information content (AvgIpc) is 3.20. The Bertz CT molecular complexity index is 1190. The van der Waals surface area contributed by atoms with Crippen LogP contribution in [0.15, 0.2) is 40.7 Å². The fraction of sp³-hybridized carbons (Fsp3) is 0.519. The molecule has 38 heavy (non-hydrogen) atoms. The summed E-state index contributed by atoms with van der Waals surface area (Å²) in [6, 6.07) is 6.42. The fourth-order valence-corrected chi connectivity index (χ4v) is 7.19. The van der Waals surface area contributed by atoms with Crippen LogP contribution in [0.3, 0.4) is 0 Å². The van der Waals surface area contributed by atoms with Gasteiger partial charge in [0.1, 0.15) is 0 Å². The molecule has 4 aliphatic rings. The molecule has 11 heteroatoms. The second-order valence-electron chi connectivity index (χ2n) is 10.6. The number of carbonyl (C=O) groups is 3. The van der Waals surface area contributed by atoms with Crippen LogP contribution in [0.4, 0.5) is 0 Å². The number of halogens is 2. The lowest BCUT2D eigenvalue weighted by atomic mass is 9.79. The minimum absolute atomic E-state index is 0.155. The number of nitrogens with one attached hydrogen (secondary N) is 2. The van der Waals surface area contributed by atoms with E-state index in [9.17, 15) is 24.6 Å². The molecule has 1 amide bonds. The van der Waals surface area contributed by atoms with Crippen LogP contribution in [-0.4, -0.2) is 82.2 Å². The Hall–Kier alpha value is -2.59. The molecule has 5 rings (SSSR count). The number of carboxylic acid groups (broad SMARTS) is 2. The van der Waals surface area contributed by atoms with Gasteiger partial charge in [0.05, 0.1) is 23.5 Å². The number of carboxylic acids is 2. The maximum atomic E-state index is 13.4. The molecule has 1 aromatic carbocycles. The summed E-state index contributed by atoms with van der Waals surface area (Å²) in [6.45, 7) is 4.27. The number of carbonyl (C=O) groups excluding carboxylic acids is 1. The zero-order chi connectivity index (χ0) is 27.1. The molecular formula is C27H32Cl2N4O5. The summed E-state index contributed by atoms with van der Waals surface area (Å²) in [5.41, 5.74) is 0.194. The highest BCUT2D eigenvalue weighted by Crippen LogP contribution is 2.44. The first-order valence-corrected chi connectivity index (χ1v) is 13.8. The van der Waals surface area contributed by atoms with E-state index < -0.39 is 17.9 Å². The number of hydrogen-bond donors (Lipinski definition) is 4. The summed E-state index contributed by atoms with van der Waals surface area (Å²) >= 11 is 12.8. The topological polar surface area (TPSA) is 122 Å². The molecule has 4 aliphatic heterocycles. The number of benzene rings is 1. The Morgan fingerprint density at radius 3 is 2.08 bits per heavy atom. The molecular weight excluding hydrogens is 531 g/mol. The molecule has 3 saturated heterocycles. The van der Waals surface area contributed by atoms with Gasteiger partial charge in [-0.25, -0.2) is 9.59 Å². The van der Waals surface area contributed by atoms with Crippen LogP contribution in [-0.2, 0) is 14.4 Å². The monoisotopic (exact) mass is 562 g/mol. The number of dihydropyridines is 1. The van der Waals surface area contributed by atoms with Crippen LogP contribution < -0.4 is 10.6 Å². The Morgan fingerprint density at radius 2 is 1.53 bits per heavy atom. The highest BCUT2D eigenvalue weighted by molar-refractivity contribution is 6.36. The van der Waals surface area contributed by atoms with Gasteiger partial charge in [0.2, 0.25) is 5.91 Å². The molecule has 1 aromatic rings. The number of piperidine rings is 1. The fourth-order valence-electron chi connectivity index (χ4n) is 6.57. The SMILES string of the molecule is CC1=C(C(=O)O)C(c2c(Cl)cccc2Cl)C(C(=O)O)=C(CC(=O)N2CCN(C3CC4CCC(C3)N4)CC2)N1. The van der Waals surface area contributed by atoms with Crippen molar-refractivity contribution in [1.82, 2.24) is 20.4 Å². The van der Waals surface area contributed by atoms with E-state index in [0.717, 1.165) is 25.9 Å². The summed E-state index contributed by atoms with van der Waals surface area (Å²) in [5, 5.41) is 27.1. The van der Waals surface area contributed by atoms with Gasteiger partial charge in [0.15, 0.2) is 0 Å². The van der Waals surface area contributed by atoms with Crippen molar-refractivity contribution in [3.05, 3.63) is 56.3 Å². The van der Waals surface area contributed by atoms with E-state index >= 15 is 0 Å². The van der Waals surface area contributed by atoms with Gasteiger partial charge in [0.25, 0.3) is 0 Å². The van der Waals surface area contributed by atoms with Crippen LogP contribution >= 0.6 is 23.2 Å². The Balaban J connectivity index is 1.36. The summed E-state index contributed by atoms with van der Waals surface area (Å²) in [7, 11) is 0. The van der Waals surface area contributed by atoms with Crippen LogP contribution in [0.2, 0.25) is 10.0 Å². The number of piperazine rings is 1. The van der Waals surface area contributed by atoms with Crippen LogP contribution in [0.25, 0.3) is 0 Å². The maximum absolute atomic E-state index is 13.4. The normalized spacial score (nSPS) is 27.9. The first kappa shape index (κ1) is 27.0. The minimum atomic E-state index is -1.34. The molecule has 3 atom stereocenters. The molecule has 0 saturated carbocycles. The van der Waals surface area contributed by atoms with Crippen molar-refractivity contribution in [2.75, 3.05) is 26.2 Å². The van der Waals surface area contributed by atoms with Gasteiger partial charge in [-0.1, -0.05) is 29.3 Å². The number of fused-ring (bicyclic) bond motifs is 2. The number of aliphatic carboxylic acids is 2. The predicted octanol–water partition coefficient (Wildman–Crippen LogP) is 3.19. The molecule has 0 spiro atoms. The third-order valence-corrected chi connectivity index (χ3v) is 9.01. The van der Waals surface area contributed by atoms with Gasteiger partial charge < -0.3 is 25.7 Å². The van der Waals surface area contributed by atoms with Crippen molar-refractivity contribution in [2.24, 2.45) is 0 Å². The lowest BCUT2D eigenvalue weighted by Gasteiger charge is -2.42. The van der Waals surface area contributed by atoms with Crippen molar-refractivity contribution < 1.29 is 24.6 Å². The Morgan fingerprint density at radius 1 is 0.947 bits per heavy atom. The number of nitrogens with zero attached hydrogens (tertiary/aromatic N) is 2. The van der Waals surface area contributed by atoms with Crippen LogP contribution in [0.5, 0.6) is 0 Å². The smallest absolute Gasteiger partial charge is 0.334 e. The summed E-state index contributed by atoms with van der Waals surface area (Å²) in [4.78, 5) is 42.4. The van der Waals surface area contributed by atoms with E-state index in [4.69, 9.17) is 23.2 Å². The summed E-state index contributed by atoms with van der Waals surface area (Å²) in [5.74, 6) is -4.06. The first-order chi connectivity index (χ1) is 18.1. The number of hydrogen-bond acceptors (Lipinski definition) is 6. The standard InChI is InChI=1S/C27H32Cl2N4O5/c1-14-22(26(35)36)25(23-18(28)3-2-4-19(23)29)24(27(37)38)20(30-14)13-21(34)33-9-7-32(8-10-33)17-11-15-5-6-16(12-17)31-15/h2-4,15-17,25,30-31H,5-13H2,1H3,(H,35,36)(H,37,38). The Labute approximate surface area is 231 Å². The first-order valence-electron chi connectivity index (χ1n) is 13.0. The lowest BCUT2D eigenvalue weighted by Crippen LogP contribution is -2.55. The molecule has 2 bridgehead atoms. The zero-order valence-electron chi connectivity index (χ0n) is 21.2. The van der Waals surface area contributed by atoms with Gasteiger partial charge in [-0.3, -0.25) is 9.69 Å². The molecule has 204 valence electrons. The molecule has 4 N–H and O–H groups in total. The van der Waals surface area contributed by atoms with E-state index in [1.165, 1.54) is 25.0 Å². The number of rotatable bonds is 6. The second-order valence-corrected chi connectivity index (χ2v) is 11.4. The van der Waals surface area contributed by atoms with E-state index in [0.29, 0.717) is 31.2 Å². The van der Waals surface area contributed by atoms with Gasteiger partial charge >= 0.3 is 11.9 Å². The maximum Gasteiger partial charge on any atom is 0.334 e. The molecule has 0 aromatic heterocycles. The second kappa shape index (κ2) is 10.9. The van der Waals surface area contributed by atoms with Crippen LogP contribution in [0, 0.1) is 0 Å². The minimum Gasteiger partial charge on any atom is -0.478 e. The largest absolute Gasteiger partial charge is 0.478 e. The molecule has 3 unspecified atom stereocenters. The number of allylic oxidation sites excluding steroid dienone is 1. The molecule has 0 radical (unpaired) electrons. The van der Waals surface area contributed by atoms with Gasteiger partial charge in [0, 0.05) is 71.3 Å². The van der Waals surface area contributed by atoms with E-state index in [2.05, 4.69) is 15.5 Å². The highest BCUT2D eigenvalue weighted by atomic mass is 35.5. The van der Waals surface area contributed by atoms with Crippen molar-refractivity contribution in [3.63, 3.8) is 0 Å². The summed E-state index contributed by atoms with van der Waals surface area (Å²) < 4.78 is 0. The van der Waals surface area contributed by atoms with Gasteiger partial charge in [-0.05, 0) is 44.7 Å². The number of amides is 1. The summed E-state index contributed by atoms with van der Waals surface area (Å²) in [6.07, 6.45) is 4.58. The third-order valence-electron chi connectivity index (χ3n) is 8.35. The van der Waals surface area contributed by atoms with Crippen molar-refractivity contribution >= 4 is 41.0 Å². The third kappa shape index (κ3) is 5.17. The molecule has 9 nitrogen and oxygen atoms in total. The predicted molar refractivity (Wildman–Crippen MR) is 143 cm³/mol. The highest BCUT2D eigenvalue weighted by Gasteiger charge is 2.41. The van der Waals surface area contributed by atoms with E-state index in [-0.39, 0.29) is 50.5 Å². The quantitative estimate of drug-likeness (QED) is 0.417. The Kier molecular flexibility index (Phi) is 7.73. The lowest BCUT2D eigenvalue weighted by molar-refractivity contribution is -0.133. The van der Waals surface area contributed by atoms with Gasteiger partial charge in [-0.2, -0.15) is 0 Å². The van der Waals surface area contributed by atoms with Crippen molar-refractivity contribution in [2.45, 2.75) is 63.1 Å². The molecule has 3 fully saturated rings. The molecule has 4 heterocycles. The van der Waals surface area contributed by atoms with Crippen LogP contribution in [0.1, 0.15) is 50.5 Å².